The molecule has 3 heterocycles. The van der Waals surface area contributed by atoms with Gasteiger partial charge in [-0.3, -0.25) is 19.0 Å². The van der Waals surface area contributed by atoms with Crippen LogP contribution in [0.25, 0.3) is 11.0 Å². The van der Waals surface area contributed by atoms with Gasteiger partial charge in [0.15, 0.2) is 0 Å². The van der Waals surface area contributed by atoms with Crippen molar-refractivity contribution in [2.75, 3.05) is 31.1 Å². The van der Waals surface area contributed by atoms with Gasteiger partial charge >= 0.3 is 11.1 Å². The molecule has 28 heavy (non-hydrogen) atoms. The van der Waals surface area contributed by atoms with Crippen molar-refractivity contribution in [1.82, 2.24) is 24.0 Å². The lowest BCUT2D eigenvalue weighted by molar-refractivity contribution is -0.132. The quantitative estimate of drug-likeness (QED) is 0.586. The fraction of sp³-hybridized carbons (Fsp3) is 0.316. The number of carbonyl (C=O) groups is 1. The van der Waals surface area contributed by atoms with Crippen LogP contribution >= 0.6 is 0 Å². The summed E-state index contributed by atoms with van der Waals surface area (Å²) >= 11 is 0. The first-order valence-corrected chi connectivity index (χ1v) is 9.04. The minimum absolute atomic E-state index is 0.155. The zero-order valence-corrected chi connectivity index (χ0v) is 15.5. The van der Waals surface area contributed by atoms with Gasteiger partial charge in [0.25, 0.3) is 0 Å². The molecular formula is C19H20N6O3. The Bertz CT molecular complexity index is 1130. The van der Waals surface area contributed by atoms with Crippen molar-refractivity contribution in [1.29, 1.82) is 0 Å². The van der Waals surface area contributed by atoms with Gasteiger partial charge in [-0.15, -0.1) is 0 Å². The molecular weight excluding hydrogens is 360 g/mol. The van der Waals surface area contributed by atoms with E-state index < -0.39 is 11.1 Å². The molecule has 9 nitrogen and oxygen atoms in total. The van der Waals surface area contributed by atoms with Crippen LogP contribution in [0.5, 0.6) is 0 Å². The van der Waals surface area contributed by atoms with E-state index in [9.17, 15) is 14.4 Å². The summed E-state index contributed by atoms with van der Waals surface area (Å²) in [5.74, 6) is 0.456. The summed E-state index contributed by atoms with van der Waals surface area (Å²) in [6.07, 6.45) is 3.38. The number of hydrogen-bond acceptors (Lipinski definition) is 6. The highest BCUT2D eigenvalue weighted by Crippen LogP contribution is 2.12. The number of aromatic nitrogens is 4. The van der Waals surface area contributed by atoms with Crippen LogP contribution in [0.3, 0.4) is 0 Å². The van der Waals surface area contributed by atoms with E-state index in [0.29, 0.717) is 43.2 Å². The van der Waals surface area contributed by atoms with Crippen LogP contribution < -0.4 is 16.0 Å². The molecule has 2 aromatic heterocycles. The van der Waals surface area contributed by atoms with E-state index in [2.05, 4.69) is 9.97 Å². The largest absolute Gasteiger partial charge is 0.338 e. The SMILES string of the molecule is Cn1c(=O)c(=O)n(CC(=O)N2CCN(c3ncccn3)CC2)c2ccccc21. The van der Waals surface area contributed by atoms with Crippen LogP contribution in [0.15, 0.2) is 52.3 Å². The fourth-order valence-electron chi connectivity index (χ4n) is 3.46. The van der Waals surface area contributed by atoms with Crippen molar-refractivity contribution in [2.45, 2.75) is 6.54 Å². The summed E-state index contributed by atoms with van der Waals surface area (Å²) in [6, 6.07) is 8.84. The van der Waals surface area contributed by atoms with Crippen LogP contribution in [0.2, 0.25) is 0 Å². The zero-order valence-electron chi connectivity index (χ0n) is 15.5. The smallest absolute Gasteiger partial charge is 0.317 e. The molecule has 1 aliphatic heterocycles. The summed E-state index contributed by atoms with van der Waals surface area (Å²) < 4.78 is 2.59. The van der Waals surface area contributed by atoms with Gasteiger partial charge in [-0.2, -0.15) is 0 Å². The normalized spacial score (nSPS) is 14.5. The topological polar surface area (TPSA) is 93.3 Å². The molecule has 1 aliphatic rings. The number of nitrogens with zero attached hydrogens (tertiary/aromatic N) is 6. The molecule has 0 radical (unpaired) electrons. The van der Waals surface area contributed by atoms with E-state index in [-0.39, 0.29) is 12.5 Å². The van der Waals surface area contributed by atoms with Gasteiger partial charge in [0.2, 0.25) is 11.9 Å². The summed E-state index contributed by atoms with van der Waals surface area (Å²) in [4.78, 5) is 49.7. The maximum absolute atomic E-state index is 12.8. The fourth-order valence-corrected chi connectivity index (χ4v) is 3.46. The molecule has 3 aromatic rings. The lowest BCUT2D eigenvalue weighted by atomic mass is 10.2. The molecule has 4 rings (SSSR count). The number of amides is 1. The molecule has 0 aliphatic carbocycles. The summed E-state index contributed by atoms with van der Waals surface area (Å²) in [7, 11) is 1.56. The molecule has 0 N–H and O–H groups in total. The van der Waals surface area contributed by atoms with E-state index in [1.807, 2.05) is 4.90 Å². The van der Waals surface area contributed by atoms with Gasteiger partial charge in [0, 0.05) is 45.6 Å². The van der Waals surface area contributed by atoms with Crippen LogP contribution in [0, 0.1) is 0 Å². The monoisotopic (exact) mass is 380 g/mol. The molecule has 0 bridgehead atoms. The summed E-state index contributed by atoms with van der Waals surface area (Å²) in [5, 5.41) is 0. The number of anilines is 1. The first-order chi connectivity index (χ1) is 13.6. The Hall–Kier alpha value is -3.49. The number of carbonyl (C=O) groups excluding carboxylic acids is 1. The Balaban J connectivity index is 1.54. The highest BCUT2D eigenvalue weighted by Gasteiger charge is 2.23. The Morgan fingerprint density at radius 3 is 2.25 bits per heavy atom. The van der Waals surface area contributed by atoms with E-state index >= 15 is 0 Å². The molecule has 0 unspecified atom stereocenters. The van der Waals surface area contributed by atoms with Gasteiger partial charge in [-0.05, 0) is 18.2 Å². The standard InChI is InChI=1S/C19H20N6O3/c1-22-14-5-2-3-6-15(14)25(18(28)17(22)27)13-16(26)23-9-11-24(12-10-23)19-20-7-4-8-21-19/h2-8H,9-13H2,1H3. The molecule has 1 fully saturated rings. The maximum Gasteiger partial charge on any atom is 0.317 e. The highest BCUT2D eigenvalue weighted by molar-refractivity contribution is 5.80. The Kier molecular flexibility index (Phi) is 4.64. The second kappa shape index (κ2) is 7.26. The van der Waals surface area contributed by atoms with Gasteiger partial charge in [-0.1, -0.05) is 12.1 Å². The van der Waals surface area contributed by atoms with E-state index in [1.165, 1.54) is 9.13 Å². The average molecular weight is 380 g/mol. The number of piperazine rings is 1. The Labute approximate surface area is 160 Å². The van der Waals surface area contributed by atoms with Crippen molar-refractivity contribution in [3.8, 4) is 0 Å². The van der Waals surface area contributed by atoms with Crippen molar-refractivity contribution in [2.24, 2.45) is 7.05 Å². The van der Waals surface area contributed by atoms with E-state index in [1.54, 1.807) is 54.7 Å². The zero-order chi connectivity index (χ0) is 19.7. The number of para-hydroxylation sites is 2. The summed E-state index contributed by atoms with van der Waals surface area (Å²) in [5.41, 5.74) is -0.145. The van der Waals surface area contributed by atoms with Crippen molar-refractivity contribution >= 4 is 22.9 Å². The molecule has 0 atom stereocenters. The van der Waals surface area contributed by atoms with Crippen molar-refractivity contribution in [3.05, 3.63) is 63.4 Å². The number of benzene rings is 1. The highest BCUT2D eigenvalue weighted by atomic mass is 16.2. The lowest BCUT2D eigenvalue weighted by Gasteiger charge is -2.34. The van der Waals surface area contributed by atoms with Crippen LogP contribution in [-0.2, 0) is 18.4 Å². The average Bonchev–Trinajstić information content (AvgIpc) is 2.76. The van der Waals surface area contributed by atoms with Crippen LogP contribution in [0.4, 0.5) is 5.95 Å². The third-order valence-electron chi connectivity index (χ3n) is 5.03. The third kappa shape index (κ3) is 3.15. The van der Waals surface area contributed by atoms with Gasteiger partial charge in [-0.25, -0.2) is 9.97 Å². The predicted octanol–water partition coefficient (Wildman–Crippen LogP) is -0.161. The second-order valence-corrected chi connectivity index (χ2v) is 6.66. The number of aryl methyl sites for hydroxylation is 1. The molecule has 1 aromatic carbocycles. The number of fused-ring (bicyclic) bond motifs is 1. The van der Waals surface area contributed by atoms with Gasteiger partial charge < -0.3 is 14.4 Å². The minimum Gasteiger partial charge on any atom is -0.338 e. The second-order valence-electron chi connectivity index (χ2n) is 6.66. The van der Waals surface area contributed by atoms with Crippen LogP contribution in [0.1, 0.15) is 0 Å². The maximum atomic E-state index is 12.8. The van der Waals surface area contributed by atoms with E-state index in [4.69, 9.17) is 0 Å². The first kappa shape index (κ1) is 17.9. The summed E-state index contributed by atoms with van der Waals surface area (Å²) in [6.45, 7) is 2.09. The van der Waals surface area contributed by atoms with E-state index in [0.717, 1.165) is 0 Å². The first-order valence-electron chi connectivity index (χ1n) is 9.04. The van der Waals surface area contributed by atoms with Crippen molar-refractivity contribution in [3.63, 3.8) is 0 Å². The Morgan fingerprint density at radius 2 is 1.57 bits per heavy atom. The van der Waals surface area contributed by atoms with Crippen molar-refractivity contribution < 1.29 is 4.79 Å². The molecule has 0 spiro atoms. The molecule has 9 heteroatoms. The molecule has 144 valence electrons. The third-order valence-corrected chi connectivity index (χ3v) is 5.03. The number of hydrogen-bond donors (Lipinski definition) is 0. The van der Waals surface area contributed by atoms with Gasteiger partial charge in [0.05, 0.1) is 11.0 Å². The number of rotatable bonds is 3. The lowest BCUT2D eigenvalue weighted by Crippen LogP contribution is -2.51. The van der Waals surface area contributed by atoms with Crippen LogP contribution in [-0.4, -0.2) is 56.1 Å². The Morgan fingerprint density at radius 1 is 0.929 bits per heavy atom. The molecule has 0 saturated carbocycles. The predicted molar refractivity (Wildman–Crippen MR) is 104 cm³/mol. The minimum atomic E-state index is -0.689. The van der Waals surface area contributed by atoms with Gasteiger partial charge in [0.1, 0.15) is 6.54 Å². The molecule has 1 amide bonds. The molecule has 1 saturated heterocycles.